The molecule has 0 aliphatic carbocycles. The van der Waals surface area contributed by atoms with Crippen LogP contribution in [0.1, 0.15) is 6.92 Å². The van der Waals surface area contributed by atoms with Crippen molar-refractivity contribution >= 4 is 5.97 Å². The van der Waals surface area contributed by atoms with Gasteiger partial charge < -0.3 is 14.2 Å². The van der Waals surface area contributed by atoms with E-state index in [9.17, 15) is 4.79 Å². The summed E-state index contributed by atoms with van der Waals surface area (Å²) in [6, 6.07) is 16.9. The molecule has 0 radical (unpaired) electrons. The number of ether oxygens (including phenoxy) is 3. The number of para-hydroxylation sites is 1. The molecule has 0 fully saturated rings. The Balaban J connectivity index is 1.84. The van der Waals surface area contributed by atoms with Crippen LogP contribution in [0.4, 0.5) is 0 Å². The Morgan fingerprint density at radius 1 is 1.00 bits per heavy atom. The Morgan fingerprint density at radius 3 is 2.29 bits per heavy atom. The van der Waals surface area contributed by atoms with E-state index in [4.69, 9.17) is 14.2 Å². The number of rotatable bonds is 8. The number of hydrogen-bond acceptors (Lipinski definition) is 4. The molecule has 2 rings (SSSR count). The van der Waals surface area contributed by atoms with Gasteiger partial charge in [0.25, 0.3) is 0 Å². The van der Waals surface area contributed by atoms with Gasteiger partial charge >= 0.3 is 5.97 Å². The third-order valence-corrected chi connectivity index (χ3v) is 2.98. The summed E-state index contributed by atoms with van der Waals surface area (Å²) in [4.78, 5) is 11.4. The molecule has 0 N–H and O–H groups in total. The second kappa shape index (κ2) is 9.20. The topological polar surface area (TPSA) is 44.8 Å². The van der Waals surface area contributed by atoms with E-state index in [0.29, 0.717) is 12.4 Å². The Kier molecular flexibility index (Phi) is 6.65. The van der Waals surface area contributed by atoms with Crippen LogP contribution in [0.3, 0.4) is 0 Å². The molecule has 0 aliphatic rings. The van der Waals surface area contributed by atoms with Crippen LogP contribution < -0.4 is 9.47 Å². The van der Waals surface area contributed by atoms with E-state index in [0.717, 1.165) is 17.1 Å². The molecule has 0 aromatic heterocycles. The molecule has 0 spiro atoms. The van der Waals surface area contributed by atoms with Gasteiger partial charge in [-0.1, -0.05) is 30.9 Å². The predicted molar refractivity (Wildman–Crippen MR) is 93.4 cm³/mol. The molecule has 2 aromatic carbocycles. The Hall–Kier alpha value is -3.01. The van der Waals surface area contributed by atoms with Crippen molar-refractivity contribution in [1.82, 2.24) is 0 Å². The highest BCUT2D eigenvalue weighted by molar-refractivity contribution is 5.82. The standard InChI is InChI=1S/C20H20O4/c1-3-13-22-20(21)14-16(2)15-23-17-9-11-19(12-10-17)24-18-7-5-4-6-8-18/h3-12,14H,1,13,15H2,2H3/b16-14+. The van der Waals surface area contributed by atoms with Gasteiger partial charge in [0.05, 0.1) is 0 Å². The van der Waals surface area contributed by atoms with Crippen molar-refractivity contribution < 1.29 is 19.0 Å². The van der Waals surface area contributed by atoms with E-state index >= 15 is 0 Å². The Bertz CT molecular complexity index is 687. The van der Waals surface area contributed by atoms with Gasteiger partial charge in [0.15, 0.2) is 0 Å². The van der Waals surface area contributed by atoms with Gasteiger partial charge in [-0.05, 0) is 48.9 Å². The fourth-order valence-electron chi connectivity index (χ4n) is 1.85. The Labute approximate surface area is 142 Å². The van der Waals surface area contributed by atoms with Crippen molar-refractivity contribution in [2.24, 2.45) is 0 Å². The van der Waals surface area contributed by atoms with Crippen molar-refractivity contribution in [1.29, 1.82) is 0 Å². The quantitative estimate of drug-likeness (QED) is 0.406. The molecule has 124 valence electrons. The summed E-state index contributed by atoms with van der Waals surface area (Å²) in [5.74, 6) is 1.81. The first-order chi connectivity index (χ1) is 11.7. The van der Waals surface area contributed by atoms with E-state index in [1.165, 1.54) is 12.2 Å². The minimum absolute atomic E-state index is 0.201. The summed E-state index contributed by atoms with van der Waals surface area (Å²) in [5, 5.41) is 0. The fraction of sp³-hybridized carbons (Fsp3) is 0.150. The molecule has 2 aromatic rings. The lowest BCUT2D eigenvalue weighted by atomic mass is 10.3. The van der Waals surface area contributed by atoms with Crippen LogP contribution in [-0.4, -0.2) is 19.2 Å². The van der Waals surface area contributed by atoms with Gasteiger partial charge in [0.1, 0.15) is 30.5 Å². The van der Waals surface area contributed by atoms with Crippen LogP contribution in [-0.2, 0) is 9.53 Å². The molecule has 0 saturated carbocycles. The van der Waals surface area contributed by atoms with Gasteiger partial charge in [0.2, 0.25) is 0 Å². The number of benzene rings is 2. The molecular formula is C20H20O4. The molecule has 24 heavy (non-hydrogen) atoms. The van der Waals surface area contributed by atoms with Crippen LogP contribution in [0.5, 0.6) is 17.2 Å². The van der Waals surface area contributed by atoms with E-state index in [1.807, 2.05) is 61.5 Å². The van der Waals surface area contributed by atoms with Crippen LogP contribution in [0.25, 0.3) is 0 Å². The Morgan fingerprint density at radius 2 is 1.62 bits per heavy atom. The fourth-order valence-corrected chi connectivity index (χ4v) is 1.85. The number of carbonyl (C=O) groups excluding carboxylic acids is 1. The molecule has 0 atom stereocenters. The molecular weight excluding hydrogens is 304 g/mol. The summed E-state index contributed by atoms with van der Waals surface area (Å²) in [7, 11) is 0. The lowest BCUT2D eigenvalue weighted by Crippen LogP contribution is -2.05. The van der Waals surface area contributed by atoms with Crippen LogP contribution >= 0.6 is 0 Å². The first-order valence-electron chi connectivity index (χ1n) is 7.58. The smallest absolute Gasteiger partial charge is 0.331 e. The normalized spacial score (nSPS) is 10.8. The van der Waals surface area contributed by atoms with Crippen LogP contribution in [0, 0.1) is 0 Å². The summed E-state index contributed by atoms with van der Waals surface area (Å²) in [6.07, 6.45) is 2.94. The molecule has 0 amide bonds. The van der Waals surface area contributed by atoms with E-state index < -0.39 is 5.97 Å². The summed E-state index contributed by atoms with van der Waals surface area (Å²) in [5.41, 5.74) is 0.772. The van der Waals surface area contributed by atoms with Gasteiger partial charge in [-0.25, -0.2) is 4.79 Å². The molecule has 4 nitrogen and oxygen atoms in total. The molecule has 0 bridgehead atoms. The van der Waals surface area contributed by atoms with Crippen molar-refractivity contribution in [3.8, 4) is 17.2 Å². The van der Waals surface area contributed by atoms with Gasteiger partial charge in [-0.2, -0.15) is 0 Å². The summed E-state index contributed by atoms with van der Waals surface area (Å²) in [6.45, 7) is 5.80. The highest BCUT2D eigenvalue weighted by Gasteiger charge is 2.01. The van der Waals surface area contributed by atoms with E-state index in [-0.39, 0.29) is 6.61 Å². The summed E-state index contributed by atoms with van der Waals surface area (Å²) < 4.78 is 16.2. The molecule has 4 heteroatoms. The van der Waals surface area contributed by atoms with Crippen molar-refractivity contribution in [3.05, 3.63) is 78.9 Å². The SMILES string of the molecule is C=CCOC(=O)/C=C(\C)COc1ccc(Oc2ccccc2)cc1. The van der Waals surface area contributed by atoms with Crippen molar-refractivity contribution in [3.63, 3.8) is 0 Å². The van der Waals surface area contributed by atoms with Crippen molar-refractivity contribution in [2.75, 3.05) is 13.2 Å². The monoisotopic (exact) mass is 324 g/mol. The maximum atomic E-state index is 11.4. The predicted octanol–water partition coefficient (Wildman–Crippen LogP) is 4.53. The highest BCUT2D eigenvalue weighted by Crippen LogP contribution is 2.23. The van der Waals surface area contributed by atoms with Crippen LogP contribution in [0.15, 0.2) is 78.9 Å². The first kappa shape index (κ1) is 17.3. The third-order valence-electron chi connectivity index (χ3n) is 2.98. The van der Waals surface area contributed by atoms with Gasteiger partial charge in [-0.3, -0.25) is 0 Å². The van der Waals surface area contributed by atoms with Gasteiger partial charge in [-0.15, -0.1) is 0 Å². The minimum Gasteiger partial charge on any atom is -0.489 e. The van der Waals surface area contributed by atoms with Crippen LogP contribution in [0.2, 0.25) is 0 Å². The van der Waals surface area contributed by atoms with Crippen molar-refractivity contribution in [2.45, 2.75) is 6.92 Å². The number of hydrogen-bond donors (Lipinski definition) is 0. The molecule has 0 unspecified atom stereocenters. The zero-order valence-corrected chi connectivity index (χ0v) is 13.6. The molecule has 0 saturated heterocycles. The maximum absolute atomic E-state index is 11.4. The minimum atomic E-state index is -0.400. The summed E-state index contributed by atoms with van der Waals surface area (Å²) >= 11 is 0. The largest absolute Gasteiger partial charge is 0.489 e. The van der Waals surface area contributed by atoms with Gasteiger partial charge in [0, 0.05) is 6.08 Å². The lowest BCUT2D eigenvalue weighted by molar-refractivity contribution is -0.136. The average molecular weight is 324 g/mol. The highest BCUT2D eigenvalue weighted by atomic mass is 16.5. The third kappa shape index (κ3) is 6.01. The molecule has 0 aliphatic heterocycles. The second-order valence-corrected chi connectivity index (χ2v) is 5.08. The number of esters is 1. The number of carbonyl (C=O) groups is 1. The zero-order valence-electron chi connectivity index (χ0n) is 13.6. The zero-order chi connectivity index (χ0) is 17.2. The maximum Gasteiger partial charge on any atom is 0.331 e. The second-order valence-electron chi connectivity index (χ2n) is 5.08. The lowest BCUT2D eigenvalue weighted by Gasteiger charge is -2.09. The van der Waals surface area contributed by atoms with E-state index in [1.54, 1.807) is 0 Å². The van der Waals surface area contributed by atoms with E-state index in [2.05, 4.69) is 6.58 Å². The average Bonchev–Trinajstić information content (AvgIpc) is 2.60. The molecule has 0 heterocycles. The first-order valence-corrected chi connectivity index (χ1v) is 7.58.